The van der Waals surface area contributed by atoms with E-state index >= 15 is 0 Å². The van der Waals surface area contributed by atoms with Crippen molar-refractivity contribution >= 4 is 35.0 Å². The Bertz CT molecular complexity index is 1310. The molecular weight excluding hydrogens is 478 g/mol. The largest absolute Gasteiger partial charge is 0.493 e. The maximum Gasteiger partial charge on any atom is 0.343 e. The van der Waals surface area contributed by atoms with Crippen LogP contribution >= 0.6 is 11.8 Å². The van der Waals surface area contributed by atoms with Crippen molar-refractivity contribution in [2.45, 2.75) is 13.8 Å². The second-order valence-electron chi connectivity index (χ2n) is 8.16. The normalized spacial score (nSPS) is 14.3. The van der Waals surface area contributed by atoms with E-state index in [1.54, 1.807) is 36.4 Å². The van der Waals surface area contributed by atoms with Gasteiger partial charge >= 0.3 is 5.97 Å². The second-order valence-corrected chi connectivity index (χ2v) is 9.15. The molecule has 1 aliphatic heterocycles. The molecule has 0 unspecified atom stereocenters. The first kappa shape index (κ1) is 25.1. The van der Waals surface area contributed by atoms with Gasteiger partial charge in [0.1, 0.15) is 12.4 Å². The van der Waals surface area contributed by atoms with E-state index in [4.69, 9.17) is 14.2 Å². The molecule has 8 heteroatoms. The highest BCUT2D eigenvalue weighted by atomic mass is 32.2. The lowest BCUT2D eigenvalue weighted by Crippen LogP contribution is -2.32. The zero-order valence-corrected chi connectivity index (χ0v) is 21.0. The first-order valence-electron chi connectivity index (χ1n) is 11.3. The number of rotatable bonds is 8. The molecule has 0 aliphatic carbocycles. The summed E-state index contributed by atoms with van der Waals surface area (Å²) in [4.78, 5) is 39.2. The average molecular weight is 504 g/mol. The van der Waals surface area contributed by atoms with E-state index in [1.165, 1.54) is 12.0 Å². The highest BCUT2D eigenvalue weighted by Crippen LogP contribution is 2.34. The van der Waals surface area contributed by atoms with Crippen LogP contribution in [0.1, 0.15) is 27.0 Å². The predicted molar refractivity (Wildman–Crippen MR) is 138 cm³/mol. The van der Waals surface area contributed by atoms with Crippen LogP contribution in [0.15, 0.2) is 71.6 Å². The minimum atomic E-state index is -0.505. The number of nitrogens with zero attached hydrogens (tertiary/aromatic N) is 1. The third kappa shape index (κ3) is 5.95. The number of amides is 2. The SMILES string of the molecule is COc1cc(/C=C2\SC(=O)N(CCOc3ccc(C)cc3)C2=O)ccc1OC(=O)c1ccc(C)cc1. The summed E-state index contributed by atoms with van der Waals surface area (Å²) in [5, 5.41) is -0.352. The lowest BCUT2D eigenvalue weighted by molar-refractivity contribution is -0.123. The Hall–Kier alpha value is -4.04. The van der Waals surface area contributed by atoms with E-state index in [-0.39, 0.29) is 30.0 Å². The first-order valence-corrected chi connectivity index (χ1v) is 12.1. The van der Waals surface area contributed by atoms with Crippen LogP contribution in [0.3, 0.4) is 0 Å². The molecular formula is C28H25NO6S. The number of hydrogen-bond acceptors (Lipinski definition) is 7. The third-order valence-electron chi connectivity index (χ3n) is 5.45. The van der Waals surface area contributed by atoms with Gasteiger partial charge in [-0.05, 0) is 73.6 Å². The quantitative estimate of drug-likeness (QED) is 0.223. The first-order chi connectivity index (χ1) is 17.3. The number of aryl methyl sites for hydroxylation is 2. The fourth-order valence-electron chi connectivity index (χ4n) is 3.44. The van der Waals surface area contributed by atoms with Crippen LogP contribution in [0.4, 0.5) is 4.79 Å². The van der Waals surface area contributed by atoms with Gasteiger partial charge in [-0.3, -0.25) is 14.5 Å². The van der Waals surface area contributed by atoms with Crippen molar-refractivity contribution in [2.24, 2.45) is 0 Å². The molecule has 0 aromatic heterocycles. The molecule has 3 aromatic rings. The predicted octanol–water partition coefficient (Wildman–Crippen LogP) is 5.65. The molecule has 36 heavy (non-hydrogen) atoms. The van der Waals surface area contributed by atoms with E-state index in [0.717, 1.165) is 22.9 Å². The Morgan fingerprint density at radius 2 is 1.58 bits per heavy atom. The number of methoxy groups -OCH3 is 1. The monoisotopic (exact) mass is 503 g/mol. The molecule has 0 radical (unpaired) electrons. The molecule has 1 saturated heterocycles. The maximum absolute atomic E-state index is 12.8. The fourth-order valence-corrected chi connectivity index (χ4v) is 4.31. The molecule has 4 rings (SSSR count). The van der Waals surface area contributed by atoms with Crippen molar-refractivity contribution in [1.82, 2.24) is 4.90 Å². The number of hydrogen-bond donors (Lipinski definition) is 0. The summed E-state index contributed by atoms with van der Waals surface area (Å²) in [5.41, 5.74) is 3.21. The van der Waals surface area contributed by atoms with Crippen LogP contribution in [0.5, 0.6) is 17.2 Å². The highest BCUT2D eigenvalue weighted by Gasteiger charge is 2.34. The lowest BCUT2D eigenvalue weighted by Gasteiger charge is -2.13. The number of benzene rings is 3. The summed E-state index contributed by atoms with van der Waals surface area (Å²) in [6.45, 7) is 4.26. The van der Waals surface area contributed by atoms with Gasteiger partial charge in [-0.15, -0.1) is 0 Å². The summed E-state index contributed by atoms with van der Waals surface area (Å²) in [6.07, 6.45) is 1.61. The molecule has 0 spiro atoms. The van der Waals surface area contributed by atoms with Crippen molar-refractivity contribution in [2.75, 3.05) is 20.3 Å². The van der Waals surface area contributed by atoms with E-state index in [2.05, 4.69) is 0 Å². The van der Waals surface area contributed by atoms with Crippen molar-refractivity contribution in [3.63, 3.8) is 0 Å². The number of ether oxygens (including phenoxy) is 3. The van der Waals surface area contributed by atoms with Crippen LogP contribution in [0, 0.1) is 13.8 Å². The number of carbonyl (C=O) groups excluding carboxylic acids is 3. The number of carbonyl (C=O) groups is 3. The van der Waals surface area contributed by atoms with E-state index < -0.39 is 5.97 Å². The molecule has 184 valence electrons. The van der Waals surface area contributed by atoms with Crippen molar-refractivity contribution in [3.05, 3.63) is 93.9 Å². The van der Waals surface area contributed by atoms with E-state index in [1.807, 2.05) is 50.2 Å². The zero-order chi connectivity index (χ0) is 25.7. The molecule has 7 nitrogen and oxygen atoms in total. The molecule has 0 atom stereocenters. The van der Waals surface area contributed by atoms with E-state index in [0.29, 0.717) is 27.5 Å². The molecule has 0 bridgehead atoms. The lowest BCUT2D eigenvalue weighted by atomic mass is 10.1. The van der Waals surface area contributed by atoms with Gasteiger partial charge in [0.05, 0.1) is 24.1 Å². The summed E-state index contributed by atoms with van der Waals surface area (Å²) in [7, 11) is 1.46. The minimum absolute atomic E-state index is 0.146. The summed E-state index contributed by atoms with van der Waals surface area (Å²) >= 11 is 0.868. The van der Waals surface area contributed by atoms with Gasteiger partial charge in [0.15, 0.2) is 11.5 Å². The second kappa shape index (κ2) is 11.1. The molecule has 1 heterocycles. The van der Waals surface area contributed by atoms with Gasteiger partial charge in [0.2, 0.25) is 0 Å². The Kier molecular flexibility index (Phi) is 7.75. The molecule has 0 saturated carbocycles. The Balaban J connectivity index is 1.41. The van der Waals surface area contributed by atoms with Crippen LogP contribution in [-0.4, -0.2) is 42.3 Å². The van der Waals surface area contributed by atoms with Crippen LogP contribution < -0.4 is 14.2 Å². The number of thioether (sulfide) groups is 1. The Morgan fingerprint density at radius 3 is 2.25 bits per heavy atom. The number of imide groups is 1. The smallest absolute Gasteiger partial charge is 0.343 e. The van der Waals surface area contributed by atoms with Gasteiger partial charge in [-0.2, -0.15) is 0 Å². The Morgan fingerprint density at radius 1 is 0.917 bits per heavy atom. The van der Waals surface area contributed by atoms with E-state index in [9.17, 15) is 14.4 Å². The van der Waals surface area contributed by atoms with Crippen molar-refractivity contribution in [1.29, 1.82) is 0 Å². The minimum Gasteiger partial charge on any atom is -0.493 e. The molecule has 1 fully saturated rings. The van der Waals surface area contributed by atoms with Gasteiger partial charge in [0, 0.05) is 0 Å². The molecule has 2 amide bonds. The highest BCUT2D eigenvalue weighted by molar-refractivity contribution is 8.18. The van der Waals surface area contributed by atoms with Gasteiger partial charge in [0.25, 0.3) is 11.1 Å². The van der Waals surface area contributed by atoms with Crippen LogP contribution in [0.25, 0.3) is 6.08 Å². The molecule has 3 aromatic carbocycles. The van der Waals surface area contributed by atoms with Gasteiger partial charge in [-0.25, -0.2) is 4.79 Å². The van der Waals surface area contributed by atoms with Gasteiger partial charge < -0.3 is 14.2 Å². The van der Waals surface area contributed by atoms with Crippen LogP contribution in [-0.2, 0) is 4.79 Å². The number of esters is 1. The molecule has 0 N–H and O–H groups in total. The molecule has 1 aliphatic rings. The maximum atomic E-state index is 12.8. The van der Waals surface area contributed by atoms with Crippen molar-refractivity contribution < 1.29 is 28.6 Å². The third-order valence-corrected chi connectivity index (χ3v) is 6.36. The topological polar surface area (TPSA) is 82.1 Å². The van der Waals surface area contributed by atoms with Crippen LogP contribution in [0.2, 0.25) is 0 Å². The zero-order valence-electron chi connectivity index (χ0n) is 20.1. The van der Waals surface area contributed by atoms with Crippen molar-refractivity contribution in [3.8, 4) is 17.2 Å². The summed E-state index contributed by atoms with van der Waals surface area (Å²) < 4.78 is 16.5. The van der Waals surface area contributed by atoms with Gasteiger partial charge in [-0.1, -0.05) is 41.5 Å². The summed E-state index contributed by atoms with van der Waals surface area (Å²) in [6, 6.07) is 19.5. The summed E-state index contributed by atoms with van der Waals surface area (Å²) in [5.74, 6) is 0.372. The fraction of sp³-hybridized carbons (Fsp3) is 0.179. The average Bonchev–Trinajstić information content (AvgIpc) is 3.13. The standard InChI is InChI=1S/C28H25NO6S/c1-18-4-9-21(10-5-18)27(31)35-23-13-8-20(16-24(23)33-3)17-25-26(30)29(28(32)36-25)14-15-34-22-11-6-19(2)7-12-22/h4-13,16-17H,14-15H2,1-3H3/b25-17-. The Labute approximate surface area is 213 Å².